The number of aromatic nitrogens is 1. The number of H-pyrrole nitrogens is 1. The Labute approximate surface area is 164 Å². The first-order valence-electron chi connectivity index (χ1n) is 8.55. The van der Waals surface area contributed by atoms with Crippen molar-refractivity contribution in [3.8, 4) is 22.4 Å². The number of thioether (sulfide) groups is 1. The largest absolute Gasteiger partial charge is 0.462 e. The van der Waals surface area contributed by atoms with Crippen LogP contribution in [0.3, 0.4) is 0 Å². The van der Waals surface area contributed by atoms with Crippen molar-refractivity contribution in [2.75, 3.05) is 12.9 Å². The molecule has 0 atom stereocenters. The Morgan fingerprint density at radius 1 is 1.04 bits per heavy atom. The van der Waals surface area contributed by atoms with Crippen molar-refractivity contribution in [1.29, 1.82) is 0 Å². The van der Waals surface area contributed by atoms with Gasteiger partial charge < -0.3 is 9.72 Å². The van der Waals surface area contributed by atoms with Gasteiger partial charge in [0.2, 0.25) is 0 Å². The Morgan fingerprint density at radius 3 is 2.18 bits per heavy atom. The zero-order valence-corrected chi connectivity index (χ0v) is 16.1. The van der Waals surface area contributed by atoms with Gasteiger partial charge in [-0.1, -0.05) is 24.3 Å². The summed E-state index contributed by atoms with van der Waals surface area (Å²) in [6, 6.07) is 12.5. The third kappa shape index (κ3) is 4.09. The minimum Gasteiger partial charge on any atom is -0.462 e. The Bertz CT molecular complexity index is 961. The van der Waals surface area contributed by atoms with Crippen LogP contribution in [0.15, 0.2) is 59.6 Å². The van der Waals surface area contributed by atoms with E-state index >= 15 is 0 Å². The molecule has 7 heteroatoms. The molecule has 0 saturated heterocycles. The summed E-state index contributed by atoms with van der Waals surface area (Å²) in [5, 5.41) is 0. The normalized spacial score (nSPS) is 11.5. The molecular weight excluding hydrogens is 387 g/mol. The zero-order chi connectivity index (χ0) is 20.3. The van der Waals surface area contributed by atoms with Crippen LogP contribution in [0, 0.1) is 0 Å². The number of ether oxygens (including phenoxy) is 1. The van der Waals surface area contributed by atoms with Gasteiger partial charge in [0.25, 0.3) is 0 Å². The summed E-state index contributed by atoms with van der Waals surface area (Å²) < 4.78 is 43.7. The van der Waals surface area contributed by atoms with Gasteiger partial charge in [0.1, 0.15) is 0 Å². The molecular formula is C21H18F3NO2S. The van der Waals surface area contributed by atoms with E-state index in [1.807, 2.05) is 30.5 Å². The molecule has 3 nitrogen and oxygen atoms in total. The van der Waals surface area contributed by atoms with E-state index in [4.69, 9.17) is 4.74 Å². The molecule has 0 unspecified atom stereocenters. The van der Waals surface area contributed by atoms with E-state index in [0.29, 0.717) is 22.4 Å². The summed E-state index contributed by atoms with van der Waals surface area (Å²) in [6.07, 6.45) is -0.910. The van der Waals surface area contributed by atoms with Crippen LogP contribution in [0.1, 0.15) is 22.8 Å². The number of carbonyl (C=O) groups is 1. The van der Waals surface area contributed by atoms with E-state index in [0.717, 1.165) is 22.6 Å². The fraction of sp³-hybridized carbons (Fsp3) is 0.190. The van der Waals surface area contributed by atoms with Crippen molar-refractivity contribution in [3.63, 3.8) is 0 Å². The minimum atomic E-state index is -4.40. The number of alkyl halides is 3. The first kappa shape index (κ1) is 20.1. The summed E-state index contributed by atoms with van der Waals surface area (Å²) in [5.41, 5.74) is 2.11. The number of esters is 1. The molecule has 2 aromatic carbocycles. The predicted octanol–water partition coefficient (Wildman–Crippen LogP) is 6.27. The fourth-order valence-electron chi connectivity index (χ4n) is 2.90. The Balaban J connectivity index is 2.11. The standard InChI is InChI=1S/C21H18F3NO2S/c1-3-27-20(26)17-12-25-19(14-4-8-15(9-5-14)21(22,23)24)18(17)13-6-10-16(28-2)11-7-13/h4-12,25H,3H2,1-2H3. The van der Waals surface area contributed by atoms with Gasteiger partial charge in [0.15, 0.2) is 0 Å². The van der Waals surface area contributed by atoms with Crippen molar-refractivity contribution in [1.82, 2.24) is 4.98 Å². The zero-order valence-electron chi connectivity index (χ0n) is 15.3. The molecule has 0 fully saturated rings. The number of aromatic amines is 1. The number of nitrogens with one attached hydrogen (secondary N) is 1. The summed E-state index contributed by atoms with van der Waals surface area (Å²) in [7, 11) is 0. The molecule has 0 bridgehead atoms. The first-order chi connectivity index (χ1) is 13.3. The second-order valence-corrected chi connectivity index (χ2v) is 6.86. The third-order valence-electron chi connectivity index (χ3n) is 4.26. The molecule has 1 heterocycles. The molecule has 3 aromatic rings. The van der Waals surface area contributed by atoms with Gasteiger partial charge in [0, 0.05) is 16.7 Å². The SMILES string of the molecule is CCOC(=O)c1c[nH]c(-c2ccc(C(F)(F)F)cc2)c1-c1ccc(SC)cc1. The van der Waals surface area contributed by atoms with Crippen molar-refractivity contribution in [2.24, 2.45) is 0 Å². The maximum atomic E-state index is 12.9. The van der Waals surface area contributed by atoms with Crippen LogP contribution in [0.4, 0.5) is 13.2 Å². The maximum absolute atomic E-state index is 12.9. The van der Waals surface area contributed by atoms with Crippen molar-refractivity contribution >= 4 is 17.7 Å². The Hall–Kier alpha value is -2.67. The molecule has 3 rings (SSSR count). The Morgan fingerprint density at radius 2 is 1.64 bits per heavy atom. The highest BCUT2D eigenvalue weighted by atomic mass is 32.2. The smallest absolute Gasteiger partial charge is 0.416 e. The highest BCUT2D eigenvalue weighted by Gasteiger charge is 2.30. The topological polar surface area (TPSA) is 42.1 Å². The second kappa shape index (κ2) is 8.14. The quantitative estimate of drug-likeness (QED) is 0.402. The van der Waals surface area contributed by atoms with Crippen molar-refractivity contribution in [3.05, 3.63) is 65.9 Å². The highest BCUT2D eigenvalue weighted by molar-refractivity contribution is 7.98. The average Bonchev–Trinajstić information content (AvgIpc) is 3.13. The summed E-state index contributed by atoms with van der Waals surface area (Å²) in [4.78, 5) is 16.5. The lowest BCUT2D eigenvalue weighted by Crippen LogP contribution is -2.05. The van der Waals surface area contributed by atoms with E-state index < -0.39 is 17.7 Å². The molecule has 0 aliphatic carbocycles. The first-order valence-corrected chi connectivity index (χ1v) is 9.78. The van der Waals surface area contributed by atoms with Gasteiger partial charge in [-0.05, 0) is 48.6 Å². The van der Waals surface area contributed by atoms with E-state index in [-0.39, 0.29) is 6.61 Å². The Kier molecular flexibility index (Phi) is 5.84. The van der Waals surface area contributed by atoms with Crippen LogP contribution in [0.2, 0.25) is 0 Å². The number of rotatable bonds is 5. The van der Waals surface area contributed by atoms with Crippen LogP contribution in [0.5, 0.6) is 0 Å². The number of hydrogen-bond donors (Lipinski definition) is 1. The molecule has 0 amide bonds. The summed E-state index contributed by atoms with van der Waals surface area (Å²) in [6.45, 7) is 1.94. The lowest BCUT2D eigenvalue weighted by molar-refractivity contribution is -0.137. The van der Waals surface area contributed by atoms with E-state index in [1.54, 1.807) is 18.7 Å². The number of benzene rings is 2. The predicted molar refractivity (Wildman–Crippen MR) is 104 cm³/mol. The van der Waals surface area contributed by atoms with Gasteiger partial charge in [-0.15, -0.1) is 11.8 Å². The van der Waals surface area contributed by atoms with Gasteiger partial charge in [-0.25, -0.2) is 4.79 Å². The van der Waals surface area contributed by atoms with Crippen molar-refractivity contribution in [2.45, 2.75) is 18.0 Å². The van der Waals surface area contributed by atoms with Gasteiger partial charge in [-0.2, -0.15) is 13.2 Å². The molecule has 28 heavy (non-hydrogen) atoms. The molecule has 0 aliphatic rings. The number of carbonyl (C=O) groups excluding carboxylic acids is 1. The molecule has 0 aliphatic heterocycles. The van der Waals surface area contributed by atoms with E-state index in [9.17, 15) is 18.0 Å². The number of halogens is 3. The molecule has 1 N–H and O–H groups in total. The van der Waals surface area contributed by atoms with Crippen LogP contribution in [-0.2, 0) is 10.9 Å². The van der Waals surface area contributed by atoms with E-state index in [1.165, 1.54) is 18.3 Å². The van der Waals surface area contributed by atoms with Gasteiger partial charge in [0.05, 0.1) is 23.4 Å². The maximum Gasteiger partial charge on any atom is 0.416 e. The molecule has 0 radical (unpaired) electrons. The summed E-state index contributed by atoms with van der Waals surface area (Å²) >= 11 is 1.59. The van der Waals surface area contributed by atoms with Crippen LogP contribution in [-0.4, -0.2) is 23.8 Å². The van der Waals surface area contributed by atoms with Crippen LogP contribution >= 0.6 is 11.8 Å². The number of hydrogen-bond acceptors (Lipinski definition) is 3. The van der Waals surface area contributed by atoms with Crippen molar-refractivity contribution < 1.29 is 22.7 Å². The molecule has 0 spiro atoms. The highest BCUT2D eigenvalue weighted by Crippen LogP contribution is 2.37. The fourth-order valence-corrected chi connectivity index (χ4v) is 3.31. The molecule has 146 valence electrons. The van der Waals surface area contributed by atoms with Gasteiger partial charge >= 0.3 is 12.1 Å². The summed E-state index contributed by atoms with van der Waals surface area (Å²) in [5.74, 6) is -0.485. The van der Waals surface area contributed by atoms with Gasteiger partial charge in [-0.3, -0.25) is 0 Å². The monoisotopic (exact) mass is 405 g/mol. The average molecular weight is 405 g/mol. The lowest BCUT2D eigenvalue weighted by atomic mass is 9.97. The van der Waals surface area contributed by atoms with Crippen LogP contribution in [0.25, 0.3) is 22.4 Å². The van der Waals surface area contributed by atoms with E-state index in [2.05, 4.69) is 4.98 Å². The van der Waals surface area contributed by atoms with Crippen LogP contribution < -0.4 is 0 Å². The lowest BCUT2D eigenvalue weighted by Gasteiger charge is -2.10. The second-order valence-electron chi connectivity index (χ2n) is 5.98. The molecule has 0 saturated carbocycles. The molecule has 1 aromatic heterocycles. The minimum absolute atomic E-state index is 0.227. The third-order valence-corrected chi connectivity index (χ3v) is 5.00.